The van der Waals surface area contributed by atoms with Crippen molar-refractivity contribution >= 4 is 6.29 Å². The van der Waals surface area contributed by atoms with Gasteiger partial charge in [-0.2, -0.15) is 0 Å². The molecule has 0 fully saturated rings. The van der Waals surface area contributed by atoms with E-state index in [-0.39, 0.29) is 0 Å². The van der Waals surface area contributed by atoms with Gasteiger partial charge in [-0.1, -0.05) is 30.3 Å². The fourth-order valence-corrected chi connectivity index (χ4v) is 1.57. The third kappa shape index (κ3) is 2.56. The molecule has 76 valence electrons. The molecule has 0 radical (unpaired) electrons. The van der Waals surface area contributed by atoms with Crippen molar-refractivity contribution in [1.82, 2.24) is 4.57 Å². The summed E-state index contributed by atoms with van der Waals surface area (Å²) in [5, 5.41) is 0. The fourth-order valence-electron chi connectivity index (χ4n) is 1.57. The van der Waals surface area contributed by atoms with Gasteiger partial charge in [0.15, 0.2) is 6.29 Å². The third-order valence-electron chi connectivity index (χ3n) is 2.41. The van der Waals surface area contributed by atoms with Crippen molar-refractivity contribution in [1.29, 1.82) is 0 Å². The number of hydrogen-bond acceptors (Lipinski definition) is 1. The molecule has 0 atom stereocenters. The molecule has 1 heterocycles. The normalized spacial score (nSPS) is 10.1. The zero-order chi connectivity index (χ0) is 10.5. The van der Waals surface area contributed by atoms with Gasteiger partial charge in [0.1, 0.15) is 0 Å². The number of carbonyl (C=O) groups is 1. The minimum atomic E-state index is 0.739. The van der Waals surface area contributed by atoms with Crippen LogP contribution in [0.1, 0.15) is 15.9 Å². The van der Waals surface area contributed by atoms with E-state index in [9.17, 15) is 4.79 Å². The predicted octanol–water partition coefficient (Wildman–Crippen LogP) is 2.54. The average Bonchev–Trinajstić information content (AvgIpc) is 2.76. The molecule has 0 saturated heterocycles. The monoisotopic (exact) mass is 199 g/mol. The topological polar surface area (TPSA) is 22.0 Å². The molecule has 0 aliphatic rings. The second-order valence-electron chi connectivity index (χ2n) is 3.54. The van der Waals surface area contributed by atoms with Gasteiger partial charge in [0.05, 0.1) is 0 Å². The molecule has 2 heteroatoms. The van der Waals surface area contributed by atoms with Gasteiger partial charge in [0.25, 0.3) is 0 Å². The van der Waals surface area contributed by atoms with Crippen LogP contribution in [0.15, 0.2) is 48.8 Å². The first-order valence-corrected chi connectivity index (χ1v) is 5.03. The molecule has 0 unspecified atom stereocenters. The molecule has 0 bridgehead atoms. The summed E-state index contributed by atoms with van der Waals surface area (Å²) in [5.74, 6) is 0. The number of hydrogen-bond donors (Lipinski definition) is 0. The molecule has 0 aliphatic heterocycles. The van der Waals surface area contributed by atoms with Gasteiger partial charge in [0.2, 0.25) is 0 Å². The highest BCUT2D eigenvalue weighted by Crippen LogP contribution is 2.03. The zero-order valence-electron chi connectivity index (χ0n) is 8.47. The van der Waals surface area contributed by atoms with Gasteiger partial charge in [-0.05, 0) is 18.1 Å². The van der Waals surface area contributed by atoms with Crippen molar-refractivity contribution < 1.29 is 4.79 Å². The Morgan fingerprint density at radius 2 is 1.93 bits per heavy atom. The van der Waals surface area contributed by atoms with Crippen LogP contribution in [0.25, 0.3) is 0 Å². The Labute approximate surface area is 89.2 Å². The summed E-state index contributed by atoms with van der Waals surface area (Å²) in [6.07, 6.45) is 5.68. The maximum absolute atomic E-state index is 10.5. The SMILES string of the molecule is O=Cc1ccn(CCc2ccccc2)c1. The predicted molar refractivity (Wildman–Crippen MR) is 60.0 cm³/mol. The molecule has 0 saturated carbocycles. The first-order chi connectivity index (χ1) is 7.38. The van der Waals surface area contributed by atoms with Crippen LogP contribution in [-0.4, -0.2) is 10.9 Å². The summed E-state index contributed by atoms with van der Waals surface area (Å²) in [6, 6.07) is 12.2. The summed E-state index contributed by atoms with van der Waals surface area (Å²) >= 11 is 0. The lowest BCUT2D eigenvalue weighted by Crippen LogP contribution is -1.98. The molecule has 0 amide bonds. The highest BCUT2D eigenvalue weighted by Gasteiger charge is 1.96. The van der Waals surface area contributed by atoms with E-state index in [1.54, 1.807) is 0 Å². The van der Waals surface area contributed by atoms with Crippen molar-refractivity contribution in [2.24, 2.45) is 0 Å². The lowest BCUT2D eigenvalue weighted by Gasteiger charge is -2.02. The molecule has 1 aromatic heterocycles. The quantitative estimate of drug-likeness (QED) is 0.693. The summed E-state index contributed by atoms with van der Waals surface area (Å²) in [6.45, 7) is 0.915. The van der Waals surface area contributed by atoms with E-state index in [2.05, 4.69) is 12.1 Å². The second-order valence-corrected chi connectivity index (χ2v) is 3.54. The van der Waals surface area contributed by atoms with E-state index in [1.165, 1.54) is 5.56 Å². The van der Waals surface area contributed by atoms with E-state index in [0.717, 1.165) is 24.8 Å². The Kier molecular flexibility index (Phi) is 2.98. The number of aryl methyl sites for hydroxylation is 2. The fraction of sp³-hybridized carbons (Fsp3) is 0.154. The number of benzene rings is 1. The van der Waals surface area contributed by atoms with Crippen molar-refractivity contribution in [3.8, 4) is 0 Å². The minimum Gasteiger partial charge on any atom is -0.353 e. The average molecular weight is 199 g/mol. The molecule has 2 rings (SSSR count). The lowest BCUT2D eigenvalue weighted by atomic mass is 10.1. The highest BCUT2D eigenvalue weighted by molar-refractivity contribution is 5.74. The van der Waals surface area contributed by atoms with E-state index in [0.29, 0.717) is 0 Å². The van der Waals surface area contributed by atoms with Gasteiger partial charge >= 0.3 is 0 Å². The molecule has 2 nitrogen and oxygen atoms in total. The summed E-state index contributed by atoms with van der Waals surface area (Å²) < 4.78 is 2.04. The van der Waals surface area contributed by atoms with Crippen LogP contribution in [-0.2, 0) is 13.0 Å². The second kappa shape index (κ2) is 4.60. The van der Waals surface area contributed by atoms with E-state index < -0.39 is 0 Å². The zero-order valence-corrected chi connectivity index (χ0v) is 8.47. The molecule has 0 N–H and O–H groups in total. The first kappa shape index (κ1) is 9.71. The number of aromatic nitrogens is 1. The van der Waals surface area contributed by atoms with Gasteiger partial charge < -0.3 is 4.57 Å². The molecule has 1 aromatic carbocycles. The van der Waals surface area contributed by atoms with Crippen LogP contribution in [0.4, 0.5) is 0 Å². The van der Waals surface area contributed by atoms with Gasteiger partial charge in [-0.15, -0.1) is 0 Å². The van der Waals surface area contributed by atoms with Crippen LogP contribution in [0.2, 0.25) is 0 Å². The van der Waals surface area contributed by atoms with Gasteiger partial charge in [-0.3, -0.25) is 4.79 Å². The Hall–Kier alpha value is -1.83. The van der Waals surface area contributed by atoms with E-state index >= 15 is 0 Å². The smallest absolute Gasteiger partial charge is 0.151 e. The number of carbonyl (C=O) groups excluding carboxylic acids is 1. The standard InChI is InChI=1S/C13H13NO/c15-11-13-7-9-14(10-13)8-6-12-4-2-1-3-5-12/h1-5,7,9-11H,6,8H2. The maximum Gasteiger partial charge on any atom is 0.151 e. The van der Waals surface area contributed by atoms with Gasteiger partial charge in [-0.25, -0.2) is 0 Å². The van der Waals surface area contributed by atoms with Crippen LogP contribution in [0, 0.1) is 0 Å². The molecule has 0 aliphatic carbocycles. The van der Waals surface area contributed by atoms with E-state index in [4.69, 9.17) is 0 Å². The third-order valence-corrected chi connectivity index (χ3v) is 2.41. The van der Waals surface area contributed by atoms with Crippen LogP contribution in [0.3, 0.4) is 0 Å². The van der Waals surface area contributed by atoms with Crippen LogP contribution < -0.4 is 0 Å². The van der Waals surface area contributed by atoms with Gasteiger partial charge in [0, 0.05) is 24.5 Å². The highest BCUT2D eigenvalue weighted by atomic mass is 16.1. The Balaban J connectivity index is 1.96. The van der Waals surface area contributed by atoms with E-state index in [1.807, 2.05) is 41.2 Å². The van der Waals surface area contributed by atoms with Crippen LogP contribution in [0.5, 0.6) is 0 Å². The number of nitrogens with zero attached hydrogens (tertiary/aromatic N) is 1. The summed E-state index contributed by atoms with van der Waals surface area (Å²) in [5.41, 5.74) is 2.06. The van der Waals surface area contributed by atoms with Crippen molar-refractivity contribution in [3.05, 3.63) is 59.9 Å². The Morgan fingerprint density at radius 3 is 2.60 bits per heavy atom. The Bertz CT molecular complexity index is 431. The van der Waals surface area contributed by atoms with Crippen molar-refractivity contribution in [3.63, 3.8) is 0 Å². The van der Waals surface area contributed by atoms with Crippen molar-refractivity contribution in [2.45, 2.75) is 13.0 Å². The first-order valence-electron chi connectivity index (χ1n) is 5.03. The molecule has 0 spiro atoms. The van der Waals surface area contributed by atoms with Crippen LogP contribution >= 0.6 is 0 Å². The minimum absolute atomic E-state index is 0.739. The molecular weight excluding hydrogens is 186 g/mol. The lowest BCUT2D eigenvalue weighted by molar-refractivity contribution is 0.112. The molecule has 2 aromatic rings. The maximum atomic E-state index is 10.5. The number of rotatable bonds is 4. The summed E-state index contributed by atoms with van der Waals surface area (Å²) in [7, 11) is 0. The Morgan fingerprint density at radius 1 is 1.13 bits per heavy atom. The molecule has 15 heavy (non-hydrogen) atoms. The molecular formula is C13H13NO. The summed E-state index contributed by atoms with van der Waals surface area (Å²) in [4.78, 5) is 10.5. The largest absolute Gasteiger partial charge is 0.353 e. The van der Waals surface area contributed by atoms with Crippen molar-refractivity contribution in [2.75, 3.05) is 0 Å². The number of aldehydes is 1.